The minimum absolute atomic E-state index is 0.00691. The minimum Gasteiger partial charge on any atom is -0.453 e. The summed E-state index contributed by atoms with van der Waals surface area (Å²) in [6, 6.07) is 13.1. The third-order valence-electron chi connectivity index (χ3n) is 5.19. The summed E-state index contributed by atoms with van der Waals surface area (Å²) < 4.78 is 26.8. The van der Waals surface area contributed by atoms with Crippen LogP contribution >= 0.6 is 23.2 Å². The average molecular weight is 506 g/mol. The van der Waals surface area contributed by atoms with E-state index in [2.05, 4.69) is 20.2 Å². The number of pyridine rings is 2. The number of hydrogen-bond acceptors (Lipinski definition) is 7. The minimum atomic E-state index is -0.689. The van der Waals surface area contributed by atoms with Gasteiger partial charge in [0, 0.05) is 28.4 Å². The van der Waals surface area contributed by atoms with Crippen molar-refractivity contribution in [1.29, 1.82) is 5.26 Å². The van der Waals surface area contributed by atoms with E-state index < -0.39 is 5.82 Å². The van der Waals surface area contributed by atoms with Crippen molar-refractivity contribution < 1.29 is 13.5 Å². The first-order chi connectivity index (χ1) is 16.9. The van der Waals surface area contributed by atoms with E-state index in [1.165, 1.54) is 30.3 Å². The highest BCUT2D eigenvalue weighted by atomic mass is 35.5. The zero-order valence-electron chi connectivity index (χ0n) is 18.1. The molecule has 0 saturated carbocycles. The first-order valence-corrected chi connectivity index (χ1v) is 11.1. The predicted molar refractivity (Wildman–Crippen MR) is 128 cm³/mol. The van der Waals surface area contributed by atoms with E-state index in [4.69, 9.17) is 37.6 Å². The van der Waals surface area contributed by atoms with E-state index in [9.17, 15) is 0 Å². The smallest absolute Gasteiger partial charge is 0.249 e. The van der Waals surface area contributed by atoms with Crippen LogP contribution in [0.4, 0.5) is 4.39 Å². The molecule has 10 heteroatoms. The van der Waals surface area contributed by atoms with Gasteiger partial charge in [-0.25, -0.2) is 4.39 Å². The van der Waals surface area contributed by atoms with Gasteiger partial charge >= 0.3 is 0 Å². The summed E-state index contributed by atoms with van der Waals surface area (Å²) in [6.07, 6.45) is 3.38. The first-order valence-electron chi connectivity index (χ1n) is 10.3. The van der Waals surface area contributed by atoms with Gasteiger partial charge in [0.1, 0.15) is 5.75 Å². The standard InChI is InChI=1S/C25H14Cl2FN5O2/c1-13-19(8-16-12-30-5-4-21(16)31-13)25-33-32-22(35-25)9-15-2-3-20(27)24(23(15)28)34-18-7-14(11-29)6-17(26)10-18/h2-8,10,12H,9H2,1H3. The molecule has 0 aliphatic heterocycles. The highest BCUT2D eigenvalue weighted by Crippen LogP contribution is 2.36. The van der Waals surface area contributed by atoms with Crippen LogP contribution in [0, 0.1) is 24.1 Å². The molecule has 0 N–H and O–H groups in total. The Morgan fingerprint density at radius 1 is 1.11 bits per heavy atom. The number of halogens is 3. The molecule has 7 nitrogen and oxygen atoms in total. The molecule has 0 unspecified atom stereocenters. The molecule has 0 radical (unpaired) electrons. The largest absolute Gasteiger partial charge is 0.453 e. The van der Waals surface area contributed by atoms with Crippen LogP contribution in [0.2, 0.25) is 10.0 Å². The van der Waals surface area contributed by atoms with Crippen molar-refractivity contribution in [2.75, 3.05) is 0 Å². The molecule has 0 fully saturated rings. The molecule has 0 saturated heterocycles. The van der Waals surface area contributed by atoms with Crippen LogP contribution in [0.15, 0.2) is 59.3 Å². The molecule has 172 valence electrons. The summed E-state index contributed by atoms with van der Waals surface area (Å²) >= 11 is 12.2. The lowest BCUT2D eigenvalue weighted by atomic mass is 10.1. The molecule has 0 amide bonds. The van der Waals surface area contributed by atoms with Crippen LogP contribution in [-0.4, -0.2) is 20.2 Å². The number of ether oxygens (including phenoxy) is 1. The van der Waals surface area contributed by atoms with Gasteiger partial charge in [0.05, 0.1) is 39.9 Å². The molecular formula is C25H14Cl2FN5O2. The Balaban J connectivity index is 1.44. The molecule has 0 aliphatic carbocycles. The molecule has 2 aromatic carbocycles. The summed E-state index contributed by atoms with van der Waals surface area (Å²) in [5.41, 5.74) is 2.69. The van der Waals surface area contributed by atoms with Crippen molar-refractivity contribution in [3.8, 4) is 29.0 Å². The summed E-state index contributed by atoms with van der Waals surface area (Å²) in [5, 5.41) is 18.5. The van der Waals surface area contributed by atoms with Gasteiger partial charge in [0.25, 0.3) is 0 Å². The lowest BCUT2D eigenvalue weighted by Gasteiger charge is -2.12. The number of aryl methyl sites for hydroxylation is 1. The molecule has 0 spiro atoms. The molecule has 3 heterocycles. The Hall–Kier alpha value is -4.06. The maximum Gasteiger partial charge on any atom is 0.249 e. The van der Waals surface area contributed by atoms with Crippen molar-refractivity contribution >= 4 is 34.1 Å². The third-order valence-corrected chi connectivity index (χ3v) is 5.71. The number of hydrogen-bond donors (Lipinski definition) is 0. The van der Waals surface area contributed by atoms with Crippen molar-refractivity contribution in [2.45, 2.75) is 13.3 Å². The van der Waals surface area contributed by atoms with Crippen LogP contribution in [0.1, 0.15) is 22.7 Å². The molecule has 5 aromatic rings. The summed E-state index contributed by atoms with van der Waals surface area (Å²) in [7, 11) is 0. The molecule has 5 rings (SSSR count). The number of fused-ring (bicyclic) bond motifs is 1. The lowest BCUT2D eigenvalue weighted by molar-refractivity contribution is 0.437. The van der Waals surface area contributed by atoms with Gasteiger partial charge in [-0.3, -0.25) is 9.97 Å². The van der Waals surface area contributed by atoms with E-state index in [0.29, 0.717) is 11.3 Å². The normalized spacial score (nSPS) is 10.9. The number of nitriles is 1. The van der Waals surface area contributed by atoms with Crippen LogP contribution in [-0.2, 0) is 6.42 Å². The van der Waals surface area contributed by atoms with Gasteiger partial charge in [0.15, 0.2) is 11.6 Å². The third kappa shape index (κ3) is 4.64. The van der Waals surface area contributed by atoms with Crippen molar-refractivity contribution in [3.63, 3.8) is 0 Å². The topological polar surface area (TPSA) is 97.7 Å². The predicted octanol–water partition coefficient (Wildman–Crippen LogP) is 6.69. The van der Waals surface area contributed by atoms with E-state index >= 15 is 4.39 Å². The van der Waals surface area contributed by atoms with Gasteiger partial charge in [-0.05, 0) is 43.3 Å². The molecule has 35 heavy (non-hydrogen) atoms. The Bertz CT molecular complexity index is 1630. The number of rotatable bonds is 5. The number of benzene rings is 2. The van der Waals surface area contributed by atoms with E-state index in [1.54, 1.807) is 12.4 Å². The van der Waals surface area contributed by atoms with Gasteiger partial charge < -0.3 is 9.15 Å². The zero-order chi connectivity index (χ0) is 24.5. The van der Waals surface area contributed by atoms with Gasteiger partial charge in [-0.2, -0.15) is 5.26 Å². The van der Waals surface area contributed by atoms with Crippen LogP contribution < -0.4 is 4.74 Å². The lowest BCUT2D eigenvalue weighted by Crippen LogP contribution is -1.98. The highest BCUT2D eigenvalue weighted by Gasteiger charge is 2.19. The molecule has 3 aromatic heterocycles. The Morgan fingerprint density at radius 2 is 1.97 bits per heavy atom. The van der Waals surface area contributed by atoms with Crippen LogP contribution in [0.5, 0.6) is 11.5 Å². The second-order valence-corrected chi connectivity index (χ2v) is 8.45. The SMILES string of the molecule is Cc1nc2ccncc2cc1-c1nnc(Cc2ccc(Cl)c(Oc3cc(Cl)cc(C#N)c3)c2F)o1. The summed E-state index contributed by atoms with van der Waals surface area (Å²) in [4.78, 5) is 8.66. The molecule has 0 aliphatic rings. The highest BCUT2D eigenvalue weighted by molar-refractivity contribution is 6.32. The average Bonchev–Trinajstić information content (AvgIpc) is 3.31. The van der Waals surface area contributed by atoms with Gasteiger partial charge in [-0.15, -0.1) is 10.2 Å². The van der Waals surface area contributed by atoms with Crippen molar-refractivity contribution in [3.05, 3.63) is 93.4 Å². The second-order valence-electron chi connectivity index (χ2n) is 7.61. The van der Waals surface area contributed by atoms with Crippen LogP contribution in [0.3, 0.4) is 0 Å². The van der Waals surface area contributed by atoms with Crippen molar-refractivity contribution in [2.24, 2.45) is 0 Å². The number of aromatic nitrogens is 4. The van der Waals surface area contributed by atoms with E-state index in [0.717, 1.165) is 10.9 Å². The Morgan fingerprint density at radius 3 is 2.80 bits per heavy atom. The zero-order valence-corrected chi connectivity index (χ0v) is 19.6. The fraction of sp³-hybridized carbons (Fsp3) is 0.0800. The number of nitrogens with zero attached hydrogens (tertiary/aromatic N) is 5. The van der Waals surface area contributed by atoms with Crippen molar-refractivity contribution in [1.82, 2.24) is 20.2 Å². The second kappa shape index (κ2) is 9.29. The van der Waals surface area contributed by atoms with Crippen LogP contribution in [0.25, 0.3) is 22.4 Å². The Labute approximate surface area is 208 Å². The summed E-state index contributed by atoms with van der Waals surface area (Å²) in [5.74, 6) is -0.236. The maximum absolute atomic E-state index is 15.3. The monoisotopic (exact) mass is 505 g/mol. The molecule has 0 bridgehead atoms. The fourth-order valence-corrected chi connectivity index (χ4v) is 3.94. The van der Waals surface area contributed by atoms with Gasteiger partial charge in [-0.1, -0.05) is 29.3 Å². The Kier molecular flexibility index (Phi) is 6.03. The quantitative estimate of drug-likeness (QED) is 0.262. The first kappa shape index (κ1) is 22.7. The van der Waals surface area contributed by atoms with E-state index in [1.807, 2.05) is 25.1 Å². The van der Waals surface area contributed by atoms with Gasteiger partial charge in [0.2, 0.25) is 11.8 Å². The summed E-state index contributed by atoms with van der Waals surface area (Å²) in [6.45, 7) is 1.84. The fourth-order valence-electron chi connectivity index (χ4n) is 3.53. The maximum atomic E-state index is 15.3. The molecular weight excluding hydrogens is 492 g/mol. The molecule has 0 atom stereocenters. The van der Waals surface area contributed by atoms with E-state index in [-0.39, 0.29) is 50.9 Å².